The lowest BCUT2D eigenvalue weighted by Crippen LogP contribution is -3.06. The first-order chi connectivity index (χ1) is 12.6. The van der Waals surface area contributed by atoms with Crippen LogP contribution in [0.5, 0.6) is 0 Å². The molecule has 0 spiro atoms. The van der Waals surface area contributed by atoms with E-state index < -0.39 is 0 Å². The van der Waals surface area contributed by atoms with E-state index in [1.165, 1.54) is 16.2 Å². The highest BCUT2D eigenvalue weighted by molar-refractivity contribution is 7.22. The number of benzene rings is 2. The van der Waals surface area contributed by atoms with Gasteiger partial charge in [-0.1, -0.05) is 41.7 Å². The van der Waals surface area contributed by atoms with Crippen molar-refractivity contribution < 1.29 is 14.1 Å². The minimum Gasteiger partial charge on any atom is -0.451 e. The van der Waals surface area contributed by atoms with E-state index >= 15 is 0 Å². The Kier molecular flexibility index (Phi) is 4.44. The third kappa shape index (κ3) is 3.21. The number of quaternary nitrogens is 1. The highest BCUT2D eigenvalue weighted by Crippen LogP contribution is 2.30. The fourth-order valence-electron chi connectivity index (χ4n) is 2.82. The van der Waals surface area contributed by atoms with E-state index in [1.807, 2.05) is 48.5 Å². The van der Waals surface area contributed by atoms with E-state index in [2.05, 4.69) is 19.1 Å². The molecule has 0 unspecified atom stereocenters. The van der Waals surface area contributed by atoms with Gasteiger partial charge >= 0.3 is 0 Å². The van der Waals surface area contributed by atoms with Gasteiger partial charge in [-0.25, -0.2) is 4.98 Å². The number of thiazole rings is 1. The molecule has 2 aromatic carbocycles. The van der Waals surface area contributed by atoms with Crippen LogP contribution in [-0.4, -0.2) is 38.1 Å². The number of nitrogens with zero attached hydrogens (tertiary/aromatic N) is 2. The molecular formula is C20H20N3O2S+. The predicted octanol–water partition coefficient (Wildman–Crippen LogP) is 2.83. The standard InChI is InChI=1S/C20H19N3O2S/c1-22(2)11-12-23(20-21-15-8-4-6-10-18(15)26-20)19(24)17-13-14-7-3-5-9-16(14)25-17/h3-10,13H,11-12H2,1-2H3/p+1. The van der Waals surface area contributed by atoms with Crippen molar-refractivity contribution in [2.45, 2.75) is 0 Å². The molecular weight excluding hydrogens is 346 g/mol. The third-order valence-electron chi connectivity index (χ3n) is 4.23. The molecule has 0 saturated carbocycles. The Bertz CT molecular complexity index is 1000. The molecule has 0 bridgehead atoms. The van der Waals surface area contributed by atoms with Gasteiger partial charge in [0.1, 0.15) is 5.58 Å². The number of fused-ring (bicyclic) bond motifs is 2. The molecule has 0 atom stereocenters. The topological polar surface area (TPSA) is 50.8 Å². The van der Waals surface area contributed by atoms with Crippen LogP contribution in [0.3, 0.4) is 0 Å². The van der Waals surface area contributed by atoms with Crippen LogP contribution in [0.4, 0.5) is 5.13 Å². The number of rotatable bonds is 5. The maximum Gasteiger partial charge on any atom is 0.296 e. The summed E-state index contributed by atoms with van der Waals surface area (Å²) in [5.41, 5.74) is 1.63. The first kappa shape index (κ1) is 16.8. The van der Waals surface area contributed by atoms with Crippen LogP contribution in [0.2, 0.25) is 0 Å². The Labute approximate surface area is 155 Å². The summed E-state index contributed by atoms with van der Waals surface area (Å²) in [7, 11) is 4.14. The summed E-state index contributed by atoms with van der Waals surface area (Å²) in [6.07, 6.45) is 0. The summed E-state index contributed by atoms with van der Waals surface area (Å²) in [5.74, 6) is 0.195. The van der Waals surface area contributed by atoms with Crippen LogP contribution < -0.4 is 9.80 Å². The smallest absolute Gasteiger partial charge is 0.296 e. The maximum atomic E-state index is 13.2. The molecule has 0 aliphatic heterocycles. The molecule has 2 aromatic heterocycles. The second-order valence-corrected chi connectivity index (χ2v) is 7.54. The van der Waals surface area contributed by atoms with Crippen LogP contribution >= 0.6 is 11.3 Å². The molecule has 1 N–H and O–H groups in total. The zero-order chi connectivity index (χ0) is 18.1. The third-order valence-corrected chi connectivity index (χ3v) is 5.29. The Hall–Kier alpha value is -2.70. The number of para-hydroxylation sites is 2. The second kappa shape index (κ2) is 6.90. The molecule has 4 aromatic rings. The van der Waals surface area contributed by atoms with Gasteiger partial charge in [0.25, 0.3) is 5.91 Å². The van der Waals surface area contributed by atoms with Crippen molar-refractivity contribution in [2.75, 3.05) is 32.1 Å². The number of hydrogen-bond donors (Lipinski definition) is 1. The van der Waals surface area contributed by atoms with Crippen LogP contribution in [-0.2, 0) is 0 Å². The first-order valence-electron chi connectivity index (χ1n) is 8.57. The maximum absolute atomic E-state index is 13.2. The van der Waals surface area contributed by atoms with E-state index in [0.717, 1.165) is 27.7 Å². The van der Waals surface area contributed by atoms with Gasteiger partial charge < -0.3 is 9.32 Å². The predicted molar refractivity (Wildman–Crippen MR) is 105 cm³/mol. The number of furan rings is 1. The zero-order valence-electron chi connectivity index (χ0n) is 14.7. The van der Waals surface area contributed by atoms with Gasteiger partial charge in [-0.3, -0.25) is 9.69 Å². The van der Waals surface area contributed by atoms with Crippen molar-refractivity contribution in [1.82, 2.24) is 4.98 Å². The van der Waals surface area contributed by atoms with E-state index in [4.69, 9.17) is 4.42 Å². The van der Waals surface area contributed by atoms with E-state index in [9.17, 15) is 4.79 Å². The molecule has 0 fully saturated rings. The molecule has 0 aliphatic rings. The minimum atomic E-state index is -0.151. The molecule has 5 nitrogen and oxygen atoms in total. The Morgan fingerprint density at radius 3 is 2.69 bits per heavy atom. The summed E-state index contributed by atoms with van der Waals surface area (Å²) < 4.78 is 6.86. The SMILES string of the molecule is C[NH+](C)CCN(C(=O)c1cc2ccccc2o1)c1nc2ccccc2s1. The second-order valence-electron chi connectivity index (χ2n) is 6.53. The molecule has 0 aliphatic carbocycles. The average Bonchev–Trinajstić information content (AvgIpc) is 3.25. The highest BCUT2D eigenvalue weighted by atomic mass is 32.1. The molecule has 4 rings (SSSR count). The lowest BCUT2D eigenvalue weighted by molar-refractivity contribution is -0.856. The lowest BCUT2D eigenvalue weighted by Gasteiger charge is -2.19. The largest absolute Gasteiger partial charge is 0.451 e. The van der Waals surface area contributed by atoms with Gasteiger partial charge in [0.05, 0.1) is 37.4 Å². The fraction of sp³-hybridized carbons (Fsp3) is 0.200. The molecule has 0 saturated heterocycles. The monoisotopic (exact) mass is 366 g/mol. The fourth-order valence-corrected chi connectivity index (χ4v) is 3.81. The van der Waals surface area contributed by atoms with E-state index in [0.29, 0.717) is 17.4 Å². The van der Waals surface area contributed by atoms with Crippen molar-refractivity contribution in [3.05, 3.63) is 60.4 Å². The summed E-state index contributed by atoms with van der Waals surface area (Å²) in [6.45, 7) is 1.40. The van der Waals surface area contributed by atoms with Crippen LogP contribution in [0.25, 0.3) is 21.2 Å². The molecule has 0 radical (unpaired) electrons. The van der Waals surface area contributed by atoms with Gasteiger partial charge in [0.2, 0.25) is 0 Å². The summed E-state index contributed by atoms with van der Waals surface area (Å²) in [6, 6.07) is 17.4. The minimum absolute atomic E-state index is 0.151. The quantitative estimate of drug-likeness (QED) is 0.591. The van der Waals surface area contributed by atoms with Crippen molar-refractivity contribution in [3.63, 3.8) is 0 Å². The molecule has 132 valence electrons. The molecule has 2 heterocycles. The Morgan fingerprint density at radius 2 is 1.92 bits per heavy atom. The number of carbonyl (C=O) groups is 1. The van der Waals surface area contributed by atoms with Crippen LogP contribution in [0.1, 0.15) is 10.6 Å². The van der Waals surface area contributed by atoms with Crippen LogP contribution in [0, 0.1) is 0 Å². The van der Waals surface area contributed by atoms with Gasteiger partial charge in [-0.2, -0.15) is 0 Å². The highest BCUT2D eigenvalue weighted by Gasteiger charge is 2.25. The molecule has 1 amide bonds. The summed E-state index contributed by atoms with van der Waals surface area (Å²) in [4.78, 5) is 20.9. The van der Waals surface area contributed by atoms with Crippen molar-refractivity contribution in [3.8, 4) is 0 Å². The number of anilines is 1. The molecule has 26 heavy (non-hydrogen) atoms. The summed E-state index contributed by atoms with van der Waals surface area (Å²) >= 11 is 1.53. The van der Waals surface area contributed by atoms with Crippen molar-refractivity contribution in [2.24, 2.45) is 0 Å². The van der Waals surface area contributed by atoms with E-state index in [-0.39, 0.29) is 5.91 Å². The first-order valence-corrected chi connectivity index (χ1v) is 9.38. The number of nitrogens with one attached hydrogen (secondary N) is 1. The number of likely N-dealkylation sites (N-methyl/N-ethyl adjacent to an activating group) is 1. The van der Waals surface area contributed by atoms with Crippen molar-refractivity contribution >= 4 is 43.6 Å². The Balaban J connectivity index is 1.72. The van der Waals surface area contributed by atoms with Gasteiger partial charge in [0, 0.05) is 5.39 Å². The number of hydrogen-bond acceptors (Lipinski definition) is 4. The normalized spacial score (nSPS) is 11.5. The summed E-state index contributed by atoms with van der Waals surface area (Å²) in [5, 5.41) is 1.64. The Morgan fingerprint density at radius 1 is 1.15 bits per heavy atom. The van der Waals surface area contributed by atoms with Gasteiger partial charge in [0.15, 0.2) is 10.9 Å². The van der Waals surface area contributed by atoms with Crippen molar-refractivity contribution in [1.29, 1.82) is 0 Å². The number of amides is 1. The number of carbonyl (C=O) groups excluding carboxylic acids is 1. The lowest BCUT2D eigenvalue weighted by atomic mass is 10.2. The van der Waals surface area contributed by atoms with E-state index in [1.54, 1.807) is 11.0 Å². The molecule has 6 heteroatoms. The zero-order valence-corrected chi connectivity index (χ0v) is 15.5. The van der Waals surface area contributed by atoms with Gasteiger partial charge in [-0.05, 0) is 24.3 Å². The number of aromatic nitrogens is 1. The van der Waals surface area contributed by atoms with Crippen LogP contribution in [0.15, 0.2) is 59.0 Å². The van der Waals surface area contributed by atoms with Gasteiger partial charge in [-0.15, -0.1) is 0 Å². The average molecular weight is 366 g/mol.